The van der Waals surface area contributed by atoms with E-state index in [-0.39, 0.29) is 18.2 Å². The number of hydrogen-bond acceptors (Lipinski definition) is 4. The van der Waals surface area contributed by atoms with E-state index in [1.807, 2.05) is 13.1 Å². The maximum atomic E-state index is 12.1. The lowest BCUT2D eigenvalue weighted by atomic mass is 10.2. The lowest BCUT2D eigenvalue weighted by Gasteiger charge is -2.06. The Balaban J connectivity index is 1.99. The number of pyridine rings is 1. The number of aryl methyl sites for hydroxylation is 1. The fourth-order valence-electron chi connectivity index (χ4n) is 1.86. The van der Waals surface area contributed by atoms with Crippen molar-refractivity contribution in [2.45, 2.75) is 6.42 Å². The SMILES string of the molecule is Cn1nccc1CCNC(=O)c1ncccc1C#CCO. The van der Waals surface area contributed by atoms with Gasteiger partial charge in [-0.2, -0.15) is 5.10 Å². The van der Waals surface area contributed by atoms with Crippen molar-refractivity contribution in [3.8, 4) is 11.8 Å². The van der Waals surface area contributed by atoms with Crippen LogP contribution in [0.1, 0.15) is 21.7 Å². The number of carbonyl (C=O) groups excluding carboxylic acids is 1. The van der Waals surface area contributed by atoms with Crippen LogP contribution in [0.3, 0.4) is 0 Å². The fraction of sp³-hybridized carbons (Fsp3) is 0.267. The summed E-state index contributed by atoms with van der Waals surface area (Å²) in [6.07, 6.45) is 3.95. The number of amides is 1. The zero-order chi connectivity index (χ0) is 15.1. The molecule has 0 fully saturated rings. The average molecular weight is 284 g/mol. The zero-order valence-electron chi connectivity index (χ0n) is 11.7. The Labute approximate surface area is 122 Å². The molecule has 0 aliphatic rings. The van der Waals surface area contributed by atoms with Gasteiger partial charge in [0.15, 0.2) is 0 Å². The summed E-state index contributed by atoms with van der Waals surface area (Å²) in [5, 5.41) is 15.6. The van der Waals surface area contributed by atoms with Crippen molar-refractivity contribution in [2.24, 2.45) is 7.05 Å². The van der Waals surface area contributed by atoms with Gasteiger partial charge >= 0.3 is 0 Å². The largest absolute Gasteiger partial charge is 0.384 e. The second-order valence-electron chi connectivity index (χ2n) is 4.31. The van der Waals surface area contributed by atoms with Crippen LogP contribution in [0.15, 0.2) is 30.6 Å². The molecule has 0 saturated carbocycles. The Morgan fingerprint density at radius 3 is 3.00 bits per heavy atom. The maximum Gasteiger partial charge on any atom is 0.271 e. The van der Waals surface area contributed by atoms with Gasteiger partial charge < -0.3 is 10.4 Å². The molecular weight excluding hydrogens is 268 g/mol. The van der Waals surface area contributed by atoms with Crippen LogP contribution >= 0.6 is 0 Å². The topological polar surface area (TPSA) is 80.0 Å². The molecule has 21 heavy (non-hydrogen) atoms. The second kappa shape index (κ2) is 7.22. The normalized spacial score (nSPS) is 9.81. The number of rotatable bonds is 4. The molecule has 0 spiro atoms. The second-order valence-corrected chi connectivity index (χ2v) is 4.31. The van der Waals surface area contributed by atoms with Gasteiger partial charge in [0.1, 0.15) is 12.3 Å². The number of nitrogens with zero attached hydrogens (tertiary/aromatic N) is 3. The smallest absolute Gasteiger partial charge is 0.271 e. The molecule has 2 aromatic heterocycles. The minimum absolute atomic E-state index is 0.254. The van der Waals surface area contributed by atoms with E-state index < -0.39 is 0 Å². The molecule has 108 valence electrons. The van der Waals surface area contributed by atoms with Crippen molar-refractivity contribution in [2.75, 3.05) is 13.2 Å². The van der Waals surface area contributed by atoms with E-state index in [0.29, 0.717) is 18.5 Å². The van der Waals surface area contributed by atoms with E-state index >= 15 is 0 Å². The summed E-state index contributed by atoms with van der Waals surface area (Å²) in [5.74, 6) is 4.96. The van der Waals surface area contributed by atoms with Crippen molar-refractivity contribution in [3.63, 3.8) is 0 Å². The molecule has 2 N–H and O–H groups in total. The maximum absolute atomic E-state index is 12.1. The van der Waals surface area contributed by atoms with E-state index in [1.54, 1.807) is 29.2 Å². The van der Waals surface area contributed by atoms with Crippen molar-refractivity contribution in [3.05, 3.63) is 47.5 Å². The molecule has 6 nitrogen and oxygen atoms in total. The number of carbonyl (C=O) groups is 1. The van der Waals surface area contributed by atoms with Gasteiger partial charge in [-0.25, -0.2) is 4.98 Å². The monoisotopic (exact) mass is 284 g/mol. The number of aliphatic hydroxyl groups is 1. The minimum Gasteiger partial charge on any atom is -0.384 e. The van der Waals surface area contributed by atoms with Gasteiger partial charge in [-0.05, 0) is 18.2 Å². The average Bonchev–Trinajstić information content (AvgIpc) is 2.91. The van der Waals surface area contributed by atoms with E-state index in [0.717, 1.165) is 5.69 Å². The third-order valence-corrected chi connectivity index (χ3v) is 2.91. The first-order valence-corrected chi connectivity index (χ1v) is 6.52. The number of aliphatic hydroxyl groups excluding tert-OH is 1. The third kappa shape index (κ3) is 3.91. The first kappa shape index (κ1) is 14.8. The molecule has 0 unspecified atom stereocenters. The summed E-state index contributed by atoms with van der Waals surface area (Å²) in [7, 11) is 1.86. The lowest BCUT2D eigenvalue weighted by molar-refractivity contribution is 0.0948. The highest BCUT2D eigenvalue weighted by atomic mass is 16.2. The van der Waals surface area contributed by atoms with E-state index in [2.05, 4.69) is 27.2 Å². The molecule has 0 atom stereocenters. The minimum atomic E-state index is -0.278. The molecule has 6 heteroatoms. The van der Waals surface area contributed by atoms with Crippen LogP contribution in [0.2, 0.25) is 0 Å². The molecule has 0 bridgehead atoms. The Morgan fingerprint density at radius 2 is 2.29 bits per heavy atom. The van der Waals surface area contributed by atoms with Crippen LogP contribution in [0.5, 0.6) is 0 Å². The number of aromatic nitrogens is 3. The summed E-state index contributed by atoms with van der Waals surface area (Å²) in [6, 6.07) is 5.31. The number of hydrogen-bond donors (Lipinski definition) is 2. The Morgan fingerprint density at radius 1 is 1.43 bits per heavy atom. The predicted octanol–water partition coefficient (Wildman–Crippen LogP) is 0.131. The molecule has 1 amide bonds. The van der Waals surface area contributed by atoms with Crippen LogP contribution in [0.4, 0.5) is 0 Å². The van der Waals surface area contributed by atoms with Gasteiger partial charge in [-0.1, -0.05) is 11.8 Å². The highest BCUT2D eigenvalue weighted by Gasteiger charge is 2.11. The zero-order valence-corrected chi connectivity index (χ0v) is 11.7. The molecule has 0 radical (unpaired) electrons. The van der Waals surface area contributed by atoms with Crippen LogP contribution in [-0.4, -0.2) is 38.9 Å². The summed E-state index contributed by atoms with van der Waals surface area (Å²) in [6.45, 7) is 0.234. The Bertz CT molecular complexity index is 682. The molecular formula is C15H16N4O2. The van der Waals surface area contributed by atoms with Crippen LogP contribution in [0.25, 0.3) is 0 Å². The van der Waals surface area contributed by atoms with Crippen LogP contribution < -0.4 is 5.32 Å². The molecule has 0 saturated heterocycles. The van der Waals surface area contributed by atoms with E-state index in [1.165, 1.54) is 0 Å². The standard InChI is InChI=1S/C15H16N4O2/c1-19-13(7-10-18-19)6-9-17-15(21)14-12(5-3-11-20)4-2-8-16-14/h2,4,7-8,10,20H,6,9,11H2,1H3,(H,17,21). The fourth-order valence-corrected chi connectivity index (χ4v) is 1.86. The summed E-state index contributed by atoms with van der Waals surface area (Å²) in [4.78, 5) is 16.2. The molecule has 2 rings (SSSR count). The van der Waals surface area contributed by atoms with Gasteiger partial charge in [-0.15, -0.1) is 0 Å². The van der Waals surface area contributed by atoms with Crippen molar-refractivity contribution in [1.29, 1.82) is 0 Å². The quantitative estimate of drug-likeness (QED) is 0.782. The van der Waals surface area contributed by atoms with Crippen molar-refractivity contribution < 1.29 is 9.90 Å². The summed E-state index contributed by atoms with van der Waals surface area (Å²) in [5.41, 5.74) is 1.81. The summed E-state index contributed by atoms with van der Waals surface area (Å²) >= 11 is 0. The third-order valence-electron chi connectivity index (χ3n) is 2.91. The first-order valence-electron chi connectivity index (χ1n) is 6.52. The molecule has 2 aromatic rings. The van der Waals surface area contributed by atoms with Gasteiger partial charge in [0.2, 0.25) is 0 Å². The molecule has 0 aromatic carbocycles. The van der Waals surface area contributed by atoms with Gasteiger partial charge in [-0.3, -0.25) is 9.48 Å². The van der Waals surface area contributed by atoms with Gasteiger partial charge in [0.05, 0.1) is 5.56 Å². The molecule has 0 aliphatic carbocycles. The Kier molecular flexibility index (Phi) is 5.07. The van der Waals surface area contributed by atoms with Gasteiger partial charge in [0, 0.05) is 38.1 Å². The van der Waals surface area contributed by atoms with Gasteiger partial charge in [0.25, 0.3) is 5.91 Å². The van der Waals surface area contributed by atoms with Crippen molar-refractivity contribution >= 4 is 5.91 Å². The van der Waals surface area contributed by atoms with E-state index in [4.69, 9.17) is 5.11 Å². The van der Waals surface area contributed by atoms with Crippen LogP contribution in [-0.2, 0) is 13.5 Å². The predicted molar refractivity (Wildman–Crippen MR) is 77.4 cm³/mol. The highest BCUT2D eigenvalue weighted by molar-refractivity contribution is 5.94. The van der Waals surface area contributed by atoms with E-state index in [9.17, 15) is 4.79 Å². The molecule has 0 aliphatic heterocycles. The Hall–Kier alpha value is -2.65. The van der Waals surface area contributed by atoms with Crippen molar-refractivity contribution in [1.82, 2.24) is 20.1 Å². The van der Waals surface area contributed by atoms with Crippen LogP contribution in [0, 0.1) is 11.8 Å². The highest BCUT2D eigenvalue weighted by Crippen LogP contribution is 2.04. The number of nitrogens with one attached hydrogen (secondary N) is 1. The summed E-state index contributed by atoms with van der Waals surface area (Å²) < 4.78 is 1.77. The molecule has 2 heterocycles. The first-order chi connectivity index (χ1) is 10.2. The lowest BCUT2D eigenvalue weighted by Crippen LogP contribution is -2.27.